The van der Waals surface area contributed by atoms with Gasteiger partial charge in [-0.15, -0.1) is 0 Å². The van der Waals surface area contributed by atoms with E-state index < -0.39 is 5.60 Å². The van der Waals surface area contributed by atoms with Gasteiger partial charge in [-0.2, -0.15) is 0 Å². The van der Waals surface area contributed by atoms with Crippen LogP contribution in [0.1, 0.15) is 27.2 Å². The fraction of sp³-hybridized carbons (Fsp3) is 0.533. The first-order valence-electron chi connectivity index (χ1n) is 6.69. The number of aliphatic hydroxyl groups is 1. The van der Waals surface area contributed by atoms with Crippen LogP contribution in [-0.4, -0.2) is 29.8 Å². The lowest BCUT2D eigenvalue weighted by Gasteiger charge is -2.27. The third-order valence-electron chi connectivity index (χ3n) is 3.31. The highest BCUT2D eigenvalue weighted by atomic mass is 35.5. The van der Waals surface area contributed by atoms with Gasteiger partial charge in [0.15, 0.2) is 0 Å². The number of rotatable bonds is 7. The minimum atomic E-state index is -0.904. The van der Waals surface area contributed by atoms with Gasteiger partial charge >= 0.3 is 0 Å². The van der Waals surface area contributed by atoms with Gasteiger partial charge in [-0.1, -0.05) is 37.6 Å². The highest BCUT2D eigenvalue weighted by Crippen LogP contribution is 2.23. The van der Waals surface area contributed by atoms with Crippen molar-refractivity contribution in [3.05, 3.63) is 29.3 Å². The molecule has 0 radical (unpaired) electrons. The van der Waals surface area contributed by atoms with Crippen LogP contribution in [0.4, 0.5) is 0 Å². The average molecular weight is 300 g/mol. The summed E-state index contributed by atoms with van der Waals surface area (Å²) in [5.74, 6) is 0.483. The van der Waals surface area contributed by atoms with Gasteiger partial charge in [-0.25, -0.2) is 0 Å². The van der Waals surface area contributed by atoms with Gasteiger partial charge in [0, 0.05) is 6.54 Å². The molecule has 0 bridgehead atoms. The number of carbonyl (C=O) groups is 1. The standard InChI is InChI=1S/C15H22ClNO3/c1-11(2)15(3,19)10-17-14(18)8-9-20-13-7-5-4-6-12(13)16/h4-7,11,19H,8-10H2,1-3H3,(H,17,18). The molecule has 0 saturated carbocycles. The average Bonchev–Trinajstić information content (AvgIpc) is 2.38. The van der Waals surface area contributed by atoms with Crippen LogP contribution in [0.25, 0.3) is 0 Å². The molecular weight excluding hydrogens is 278 g/mol. The first-order valence-corrected chi connectivity index (χ1v) is 7.07. The van der Waals surface area contributed by atoms with E-state index >= 15 is 0 Å². The van der Waals surface area contributed by atoms with E-state index in [-0.39, 0.29) is 31.4 Å². The smallest absolute Gasteiger partial charge is 0.223 e. The van der Waals surface area contributed by atoms with Gasteiger partial charge < -0.3 is 15.2 Å². The summed E-state index contributed by atoms with van der Waals surface area (Å²) in [7, 11) is 0. The highest BCUT2D eigenvalue weighted by molar-refractivity contribution is 6.32. The summed E-state index contributed by atoms with van der Waals surface area (Å²) in [6.07, 6.45) is 0.222. The molecule has 4 nitrogen and oxygen atoms in total. The monoisotopic (exact) mass is 299 g/mol. The molecule has 20 heavy (non-hydrogen) atoms. The number of hydrogen-bond donors (Lipinski definition) is 2. The lowest BCUT2D eigenvalue weighted by atomic mass is 9.92. The number of amides is 1. The van der Waals surface area contributed by atoms with Crippen molar-refractivity contribution < 1.29 is 14.6 Å². The van der Waals surface area contributed by atoms with Crippen LogP contribution in [0.3, 0.4) is 0 Å². The van der Waals surface area contributed by atoms with Gasteiger partial charge in [0.05, 0.1) is 23.7 Å². The SMILES string of the molecule is CC(C)C(C)(O)CNC(=O)CCOc1ccccc1Cl. The first kappa shape index (κ1) is 16.8. The fourth-order valence-corrected chi connectivity index (χ4v) is 1.58. The third kappa shape index (κ3) is 5.39. The first-order chi connectivity index (χ1) is 9.33. The molecule has 0 aromatic heterocycles. The lowest BCUT2D eigenvalue weighted by Crippen LogP contribution is -2.44. The van der Waals surface area contributed by atoms with Crippen LogP contribution in [-0.2, 0) is 4.79 Å². The molecular formula is C15H22ClNO3. The van der Waals surface area contributed by atoms with Crippen LogP contribution >= 0.6 is 11.6 Å². The second-order valence-corrected chi connectivity index (χ2v) is 5.72. The number of para-hydroxylation sites is 1. The normalized spacial score (nSPS) is 13.9. The van der Waals surface area contributed by atoms with Crippen LogP contribution in [0.5, 0.6) is 5.75 Å². The minimum Gasteiger partial charge on any atom is -0.491 e. The Balaban J connectivity index is 2.29. The van der Waals surface area contributed by atoms with Crippen molar-refractivity contribution in [1.29, 1.82) is 0 Å². The Hall–Kier alpha value is -1.26. The maximum Gasteiger partial charge on any atom is 0.223 e. The van der Waals surface area contributed by atoms with Crippen LogP contribution < -0.4 is 10.1 Å². The molecule has 0 spiro atoms. The molecule has 1 aromatic rings. The predicted molar refractivity (Wildman–Crippen MR) is 80.0 cm³/mol. The van der Waals surface area contributed by atoms with E-state index in [1.807, 2.05) is 26.0 Å². The van der Waals surface area contributed by atoms with Crippen LogP contribution in [0, 0.1) is 5.92 Å². The van der Waals surface area contributed by atoms with Crippen molar-refractivity contribution >= 4 is 17.5 Å². The Kier molecular flexibility index (Phi) is 6.30. The van der Waals surface area contributed by atoms with E-state index in [1.165, 1.54) is 0 Å². The highest BCUT2D eigenvalue weighted by Gasteiger charge is 2.25. The largest absolute Gasteiger partial charge is 0.491 e. The van der Waals surface area contributed by atoms with E-state index in [1.54, 1.807) is 19.1 Å². The van der Waals surface area contributed by atoms with E-state index in [9.17, 15) is 9.90 Å². The van der Waals surface area contributed by atoms with Crippen molar-refractivity contribution in [1.82, 2.24) is 5.32 Å². The number of hydrogen-bond acceptors (Lipinski definition) is 3. The van der Waals surface area contributed by atoms with E-state index in [4.69, 9.17) is 16.3 Å². The molecule has 1 amide bonds. The van der Waals surface area contributed by atoms with Crippen LogP contribution in [0.15, 0.2) is 24.3 Å². The topological polar surface area (TPSA) is 58.6 Å². The zero-order valence-electron chi connectivity index (χ0n) is 12.1. The summed E-state index contributed by atoms with van der Waals surface area (Å²) in [5.41, 5.74) is -0.904. The summed E-state index contributed by atoms with van der Waals surface area (Å²) in [5, 5.41) is 13.2. The molecule has 1 rings (SSSR count). The molecule has 0 heterocycles. The third-order valence-corrected chi connectivity index (χ3v) is 3.62. The predicted octanol–water partition coefficient (Wildman–Crippen LogP) is 2.63. The number of benzene rings is 1. The second kappa shape index (κ2) is 7.50. The van der Waals surface area contributed by atoms with Crippen molar-refractivity contribution in [3.63, 3.8) is 0 Å². The van der Waals surface area contributed by atoms with E-state index in [0.29, 0.717) is 10.8 Å². The Bertz CT molecular complexity index is 446. The Morgan fingerprint density at radius 3 is 2.70 bits per heavy atom. The summed E-state index contributed by atoms with van der Waals surface area (Å²) in [4.78, 5) is 11.7. The molecule has 1 unspecified atom stereocenters. The number of halogens is 1. The summed E-state index contributed by atoms with van der Waals surface area (Å²) >= 11 is 5.94. The molecule has 112 valence electrons. The molecule has 0 saturated heterocycles. The Morgan fingerprint density at radius 2 is 2.10 bits per heavy atom. The fourth-order valence-electron chi connectivity index (χ4n) is 1.39. The van der Waals surface area contributed by atoms with Crippen molar-refractivity contribution in [3.8, 4) is 5.75 Å². The molecule has 1 aromatic carbocycles. The van der Waals surface area contributed by atoms with E-state index in [2.05, 4.69) is 5.32 Å². The molecule has 0 aliphatic rings. The van der Waals surface area contributed by atoms with Crippen molar-refractivity contribution in [2.45, 2.75) is 32.8 Å². The molecule has 2 N–H and O–H groups in total. The molecule has 1 atom stereocenters. The number of ether oxygens (including phenoxy) is 1. The van der Waals surface area contributed by atoms with Gasteiger partial charge in [0.1, 0.15) is 5.75 Å². The zero-order chi connectivity index (χ0) is 15.2. The molecule has 0 aliphatic carbocycles. The lowest BCUT2D eigenvalue weighted by molar-refractivity contribution is -0.123. The Labute approximate surface area is 125 Å². The summed E-state index contributed by atoms with van der Waals surface area (Å²) < 4.78 is 5.43. The zero-order valence-corrected chi connectivity index (χ0v) is 12.9. The van der Waals surface area contributed by atoms with Gasteiger partial charge in [0.2, 0.25) is 5.91 Å². The molecule has 5 heteroatoms. The molecule has 0 fully saturated rings. The van der Waals surface area contributed by atoms with Crippen molar-refractivity contribution in [2.75, 3.05) is 13.2 Å². The minimum absolute atomic E-state index is 0.0715. The number of nitrogens with one attached hydrogen (secondary N) is 1. The maximum absolute atomic E-state index is 11.7. The summed E-state index contributed by atoms with van der Waals surface area (Å²) in [6.45, 7) is 6.01. The van der Waals surface area contributed by atoms with E-state index in [0.717, 1.165) is 0 Å². The molecule has 0 aliphatic heterocycles. The van der Waals surface area contributed by atoms with Gasteiger partial charge in [0.25, 0.3) is 0 Å². The quantitative estimate of drug-likeness (QED) is 0.814. The maximum atomic E-state index is 11.7. The summed E-state index contributed by atoms with van der Waals surface area (Å²) in [6, 6.07) is 7.12. The van der Waals surface area contributed by atoms with Crippen molar-refractivity contribution in [2.24, 2.45) is 5.92 Å². The van der Waals surface area contributed by atoms with Gasteiger partial charge in [-0.3, -0.25) is 4.79 Å². The number of carbonyl (C=O) groups excluding carboxylic acids is 1. The Morgan fingerprint density at radius 1 is 1.45 bits per heavy atom. The van der Waals surface area contributed by atoms with Gasteiger partial charge in [-0.05, 0) is 25.0 Å². The van der Waals surface area contributed by atoms with Crippen LogP contribution in [0.2, 0.25) is 5.02 Å². The second-order valence-electron chi connectivity index (χ2n) is 5.32.